The molecule has 1 saturated carbocycles. The summed E-state index contributed by atoms with van der Waals surface area (Å²) in [4.78, 5) is 0. The monoisotopic (exact) mass is 227 g/mol. The lowest BCUT2D eigenvalue weighted by molar-refractivity contribution is 0.183. The summed E-state index contributed by atoms with van der Waals surface area (Å²) in [5, 5.41) is 0.540. The van der Waals surface area contributed by atoms with Gasteiger partial charge in [0.1, 0.15) is 5.82 Å². The third kappa shape index (κ3) is 2.32. The largest absolute Gasteiger partial charge is 0.330 e. The molecule has 0 bridgehead atoms. The van der Waals surface area contributed by atoms with Gasteiger partial charge in [-0.05, 0) is 55.3 Å². The molecule has 0 radical (unpaired) electrons. The van der Waals surface area contributed by atoms with E-state index in [0.717, 1.165) is 18.5 Å². The first-order chi connectivity index (χ1) is 7.20. The van der Waals surface area contributed by atoms with Crippen LogP contribution in [0.25, 0.3) is 0 Å². The fourth-order valence-electron chi connectivity index (χ4n) is 2.19. The van der Waals surface area contributed by atoms with Crippen LogP contribution >= 0.6 is 11.6 Å². The fourth-order valence-corrected chi connectivity index (χ4v) is 2.43. The van der Waals surface area contributed by atoms with Gasteiger partial charge in [-0.1, -0.05) is 17.7 Å². The van der Waals surface area contributed by atoms with Crippen molar-refractivity contribution < 1.29 is 4.39 Å². The van der Waals surface area contributed by atoms with E-state index in [0.29, 0.717) is 16.9 Å². The molecular formula is C12H15ClFN. The Kier molecular flexibility index (Phi) is 3.27. The molecule has 15 heavy (non-hydrogen) atoms. The minimum absolute atomic E-state index is 0.271. The van der Waals surface area contributed by atoms with Crippen molar-refractivity contribution in [2.75, 3.05) is 6.54 Å². The van der Waals surface area contributed by atoms with E-state index >= 15 is 0 Å². The Balaban J connectivity index is 2.04. The SMILES string of the molecule is NCC1CCC1Cc1ccc(F)cc1Cl. The zero-order valence-corrected chi connectivity index (χ0v) is 9.30. The van der Waals surface area contributed by atoms with Gasteiger partial charge in [-0.15, -0.1) is 0 Å². The predicted molar refractivity (Wildman–Crippen MR) is 60.4 cm³/mol. The molecule has 2 atom stereocenters. The first-order valence-electron chi connectivity index (χ1n) is 5.34. The van der Waals surface area contributed by atoms with Gasteiger partial charge in [0.25, 0.3) is 0 Å². The van der Waals surface area contributed by atoms with E-state index in [4.69, 9.17) is 17.3 Å². The van der Waals surface area contributed by atoms with Gasteiger partial charge in [0, 0.05) is 5.02 Å². The Morgan fingerprint density at radius 1 is 1.33 bits per heavy atom. The van der Waals surface area contributed by atoms with Crippen LogP contribution in [0.3, 0.4) is 0 Å². The lowest BCUT2D eigenvalue weighted by Crippen LogP contribution is -2.33. The van der Waals surface area contributed by atoms with Crippen LogP contribution in [0.5, 0.6) is 0 Å². The van der Waals surface area contributed by atoms with Gasteiger partial charge in [-0.3, -0.25) is 0 Å². The molecule has 1 aliphatic carbocycles. The third-order valence-electron chi connectivity index (χ3n) is 3.37. The van der Waals surface area contributed by atoms with Crippen molar-refractivity contribution in [2.24, 2.45) is 17.6 Å². The molecule has 1 aromatic rings. The van der Waals surface area contributed by atoms with E-state index in [2.05, 4.69) is 0 Å². The van der Waals surface area contributed by atoms with Crippen LogP contribution in [0.15, 0.2) is 18.2 Å². The van der Waals surface area contributed by atoms with Crippen LogP contribution in [-0.2, 0) is 6.42 Å². The van der Waals surface area contributed by atoms with Gasteiger partial charge >= 0.3 is 0 Å². The number of hydrogen-bond donors (Lipinski definition) is 1. The summed E-state index contributed by atoms with van der Waals surface area (Å²) in [6.45, 7) is 0.753. The number of rotatable bonds is 3. The predicted octanol–water partition coefficient (Wildman–Crippen LogP) is 3.01. The molecule has 0 aliphatic heterocycles. The summed E-state index contributed by atoms with van der Waals surface area (Å²) in [5.74, 6) is 0.997. The average molecular weight is 228 g/mol. The summed E-state index contributed by atoms with van der Waals surface area (Å²) < 4.78 is 12.8. The number of nitrogens with two attached hydrogens (primary N) is 1. The van der Waals surface area contributed by atoms with Crippen LogP contribution in [0.2, 0.25) is 5.02 Å². The summed E-state index contributed by atoms with van der Waals surface area (Å²) in [6.07, 6.45) is 3.37. The smallest absolute Gasteiger partial charge is 0.124 e. The maximum atomic E-state index is 12.8. The van der Waals surface area contributed by atoms with Gasteiger partial charge < -0.3 is 5.73 Å². The second-order valence-corrected chi connectivity index (χ2v) is 4.68. The second-order valence-electron chi connectivity index (χ2n) is 4.27. The molecule has 1 aliphatic rings. The van der Waals surface area contributed by atoms with Crippen molar-refractivity contribution >= 4 is 11.6 Å². The van der Waals surface area contributed by atoms with Crippen LogP contribution in [0.4, 0.5) is 4.39 Å². The topological polar surface area (TPSA) is 26.0 Å². The molecule has 82 valence electrons. The summed E-state index contributed by atoms with van der Waals surface area (Å²) in [5.41, 5.74) is 6.69. The van der Waals surface area contributed by atoms with Crippen molar-refractivity contribution in [3.8, 4) is 0 Å². The van der Waals surface area contributed by atoms with E-state index in [-0.39, 0.29) is 5.82 Å². The molecular weight excluding hydrogens is 213 g/mol. The van der Waals surface area contributed by atoms with Crippen molar-refractivity contribution in [3.63, 3.8) is 0 Å². The molecule has 1 aromatic carbocycles. The van der Waals surface area contributed by atoms with E-state index in [1.54, 1.807) is 6.07 Å². The van der Waals surface area contributed by atoms with Gasteiger partial charge in [0.2, 0.25) is 0 Å². The van der Waals surface area contributed by atoms with Crippen LogP contribution < -0.4 is 5.73 Å². The molecule has 0 amide bonds. The highest BCUT2D eigenvalue weighted by Gasteiger charge is 2.29. The minimum Gasteiger partial charge on any atom is -0.330 e. The molecule has 2 unspecified atom stereocenters. The minimum atomic E-state index is -0.271. The van der Waals surface area contributed by atoms with Crippen LogP contribution in [0, 0.1) is 17.7 Å². The second kappa shape index (κ2) is 4.50. The van der Waals surface area contributed by atoms with Crippen molar-refractivity contribution in [3.05, 3.63) is 34.6 Å². The lowest BCUT2D eigenvalue weighted by atomic mass is 9.71. The quantitative estimate of drug-likeness (QED) is 0.844. The Labute approximate surface area is 94.4 Å². The summed E-state index contributed by atoms with van der Waals surface area (Å²) in [6, 6.07) is 4.63. The fraction of sp³-hybridized carbons (Fsp3) is 0.500. The molecule has 2 rings (SSSR count). The Morgan fingerprint density at radius 3 is 2.60 bits per heavy atom. The van der Waals surface area contributed by atoms with E-state index in [1.807, 2.05) is 0 Å². The third-order valence-corrected chi connectivity index (χ3v) is 3.73. The van der Waals surface area contributed by atoms with Gasteiger partial charge in [-0.25, -0.2) is 4.39 Å². The van der Waals surface area contributed by atoms with E-state index in [9.17, 15) is 4.39 Å². The van der Waals surface area contributed by atoms with Gasteiger partial charge in [0.15, 0.2) is 0 Å². The highest BCUT2D eigenvalue weighted by atomic mass is 35.5. The molecule has 1 fully saturated rings. The molecule has 0 spiro atoms. The number of benzene rings is 1. The molecule has 1 nitrogen and oxygen atoms in total. The van der Waals surface area contributed by atoms with Crippen LogP contribution in [-0.4, -0.2) is 6.54 Å². The number of halogens is 2. The Morgan fingerprint density at radius 2 is 2.07 bits per heavy atom. The molecule has 3 heteroatoms. The molecule has 0 saturated heterocycles. The maximum Gasteiger partial charge on any atom is 0.124 e. The van der Waals surface area contributed by atoms with Gasteiger partial charge in [0.05, 0.1) is 0 Å². The summed E-state index contributed by atoms with van der Waals surface area (Å²) in [7, 11) is 0. The normalized spacial score (nSPS) is 25.0. The lowest BCUT2D eigenvalue weighted by Gasteiger charge is -2.36. The number of hydrogen-bond acceptors (Lipinski definition) is 1. The molecule has 0 heterocycles. The highest BCUT2D eigenvalue weighted by molar-refractivity contribution is 6.31. The Bertz CT molecular complexity index is 351. The maximum absolute atomic E-state index is 12.8. The highest BCUT2D eigenvalue weighted by Crippen LogP contribution is 2.37. The first-order valence-corrected chi connectivity index (χ1v) is 5.72. The molecule has 2 N–H and O–H groups in total. The molecule has 0 aromatic heterocycles. The van der Waals surface area contributed by atoms with E-state index in [1.165, 1.54) is 25.0 Å². The van der Waals surface area contributed by atoms with Crippen molar-refractivity contribution in [1.29, 1.82) is 0 Å². The van der Waals surface area contributed by atoms with Crippen LogP contribution in [0.1, 0.15) is 18.4 Å². The van der Waals surface area contributed by atoms with E-state index < -0.39 is 0 Å². The standard InChI is InChI=1S/C12H15ClFN/c13-12-6-11(14)4-3-9(12)5-8-1-2-10(8)7-15/h3-4,6,8,10H,1-2,5,7,15H2. The van der Waals surface area contributed by atoms with Crippen molar-refractivity contribution in [1.82, 2.24) is 0 Å². The zero-order valence-electron chi connectivity index (χ0n) is 8.55. The summed E-state index contributed by atoms with van der Waals surface area (Å²) >= 11 is 5.97. The first kappa shape index (κ1) is 10.9. The van der Waals surface area contributed by atoms with Crippen molar-refractivity contribution in [2.45, 2.75) is 19.3 Å². The zero-order chi connectivity index (χ0) is 10.8. The average Bonchev–Trinajstić information content (AvgIpc) is 2.15. The van der Waals surface area contributed by atoms with Gasteiger partial charge in [-0.2, -0.15) is 0 Å². The Hall–Kier alpha value is -0.600.